The molecular weight excluding hydrogens is 368 g/mol. The highest BCUT2D eigenvalue weighted by molar-refractivity contribution is 6.02. The van der Waals surface area contributed by atoms with Crippen molar-refractivity contribution in [2.45, 2.75) is 0 Å². The van der Waals surface area contributed by atoms with Crippen LogP contribution in [-0.2, 0) is 4.74 Å². The standard InChI is InChI=1S/C23H18N2O4/c26-22-20-14-8-7-13-19(20)21(24-25(22)17-9-3-1-4-10-17)23(27)29-16-15-28-18-11-5-2-6-12-18/h1-14H,15-16H2. The van der Waals surface area contributed by atoms with Crippen molar-refractivity contribution in [3.05, 3.63) is 101 Å². The van der Waals surface area contributed by atoms with E-state index in [9.17, 15) is 9.59 Å². The van der Waals surface area contributed by atoms with Crippen molar-refractivity contribution in [1.29, 1.82) is 0 Å². The van der Waals surface area contributed by atoms with Crippen LogP contribution >= 0.6 is 0 Å². The Bertz CT molecular complexity index is 1190. The number of carbonyl (C=O) groups excluding carboxylic acids is 1. The Morgan fingerprint density at radius 3 is 2.14 bits per heavy atom. The van der Waals surface area contributed by atoms with E-state index < -0.39 is 5.97 Å². The molecule has 0 unspecified atom stereocenters. The van der Waals surface area contributed by atoms with Gasteiger partial charge < -0.3 is 9.47 Å². The summed E-state index contributed by atoms with van der Waals surface area (Å²) in [5, 5.41) is 5.16. The maximum absolute atomic E-state index is 12.8. The first kappa shape index (κ1) is 18.4. The summed E-state index contributed by atoms with van der Waals surface area (Å²) in [6.45, 7) is 0.278. The summed E-state index contributed by atoms with van der Waals surface area (Å²) in [4.78, 5) is 25.6. The average molecular weight is 386 g/mol. The molecule has 1 aromatic heterocycles. The summed E-state index contributed by atoms with van der Waals surface area (Å²) in [5.41, 5.74) is 0.365. The van der Waals surface area contributed by atoms with Gasteiger partial charge in [0, 0.05) is 5.39 Å². The van der Waals surface area contributed by atoms with Crippen LogP contribution in [0.2, 0.25) is 0 Å². The van der Waals surface area contributed by atoms with Gasteiger partial charge in [-0.15, -0.1) is 0 Å². The maximum Gasteiger partial charge on any atom is 0.359 e. The maximum atomic E-state index is 12.8. The fraction of sp³-hybridized carbons (Fsp3) is 0.0870. The third kappa shape index (κ3) is 4.01. The summed E-state index contributed by atoms with van der Waals surface area (Å²) < 4.78 is 12.1. The van der Waals surface area contributed by atoms with Gasteiger partial charge >= 0.3 is 5.97 Å². The van der Waals surface area contributed by atoms with E-state index in [0.717, 1.165) is 0 Å². The van der Waals surface area contributed by atoms with Crippen LogP contribution in [0.4, 0.5) is 0 Å². The summed E-state index contributed by atoms with van der Waals surface area (Å²) in [6, 6.07) is 25.1. The molecule has 0 amide bonds. The largest absolute Gasteiger partial charge is 0.490 e. The number of fused-ring (bicyclic) bond motifs is 1. The van der Waals surface area contributed by atoms with Gasteiger partial charge in [0.05, 0.1) is 11.1 Å². The molecule has 144 valence electrons. The minimum Gasteiger partial charge on any atom is -0.490 e. The van der Waals surface area contributed by atoms with Crippen molar-refractivity contribution in [3.63, 3.8) is 0 Å². The van der Waals surface area contributed by atoms with Crippen molar-refractivity contribution in [2.75, 3.05) is 13.2 Å². The first-order chi connectivity index (χ1) is 14.2. The van der Waals surface area contributed by atoms with Crippen LogP contribution in [-0.4, -0.2) is 29.0 Å². The number of nitrogens with zero attached hydrogens (tertiary/aromatic N) is 2. The van der Waals surface area contributed by atoms with Gasteiger partial charge in [0.1, 0.15) is 19.0 Å². The fourth-order valence-corrected chi connectivity index (χ4v) is 2.96. The molecule has 0 saturated heterocycles. The van der Waals surface area contributed by atoms with E-state index in [2.05, 4.69) is 5.10 Å². The van der Waals surface area contributed by atoms with Crippen LogP contribution in [0.3, 0.4) is 0 Å². The Labute approximate surface area is 166 Å². The molecule has 0 aliphatic heterocycles. The second-order valence-electron chi connectivity index (χ2n) is 6.24. The van der Waals surface area contributed by atoms with E-state index in [0.29, 0.717) is 22.2 Å². The average Bonchev–Trinajstić information content (AvgIpc) is 2.78. The Kier molecular flexibility index (Phi) is 5.33. The third-order valence-electron chi connectivity index (χ3n) is 4.33. The number of ether oxygens (including phenoxy) is 2. The molecule has 6 nitrogen and oxygen atoms in total. The van der Waals surface area contributed by atoms with E-state index in [1.54, 1.807) is 48.5 Å². The molecule has 0 bridgehead atoms. The van der Waals surface area contributed by atoms with E-state index in [4.69, 9.17) is 9.47 Å². The zero-order valence-electron chi connectivity index (χ0n) is 15.5. The number of hydrogen-bond donors (Lipinski definition) is 0. The second-order valence-corrected chi connectivity index (χ2v) is 6.24. The number of esters is 1. The Hall–Kier alpha value is -3.93. The molecule has 29 heavy (non-hydrogen) atoms. The highest BCUT2D eigenvalue weighted by Crippen LogP contribution is 2.16. The number of hydrogen-bond acceptors (Lipinski definition) is 5. The molecule has 0 fully saturated rings. The van der Waals surface area contributed by atoms with Gasteiger partial charge in [-0.3, -0.25) is 4.79 Å². The van der Waals surface area contributed by atoms with Gasteiger partial charge in [0.2, 0.25) is 0 Å². The second kappa shape index (κ2) is 8.39. The van der Waals surface area contributed by atoms with Crippen LogP contribution in [0, 0.1) is 0 Å². The monoisotopic (exact) mass is 386 g/mol. The van der Waals surface area contributed by atoms with Crippen LogP contribution in [0.5, 0.6) is 5.75 Å². The highest BCUT2D eigenvalue weighted by Gasteiger charge is 2.18. The molecule has 1 heterocycles. The fourth-order valence-electron chi connectivity index (χ4n) is 2.96. The number of aromatic nitrogens is 2. The molecule has 3 aromatic carbocycles. The van der Waals surface area contributed by atoms with Gasteiger partial charge in [-0.2, -0.15) is 9.78 Å². The van der Waals surface area contributed by atoms with Crippen LogP contribution in [0.15, 0.2) is 89.7 Å². The molecule has 6 heteroatoms. The Balaban J connectivity index is 1.60. The lowest BCUT2D eigenvalue weighted by molar-refractivity contribution is 0.0444. The molecule has 0 spiro atoms. The van der Waals surface area contributed by atoms with Crippen molar-refractivity contribution in [3.8, 4) is 11.4 Å². The van der Waals surface area contributed by atoms with Gasteiger partial charge in [-0.05, 0) is 30.3 Å². The SMILES string of the molecule is O=C(OCCOc1ccccc1)c1nn(-c2ccccc2)c(=O)c2ccccc12. The third-order valence-corrected chi connectivity index (χ3v) is 4.33. The minimum atomic E-state index is -0.609. The van der Waals surface area contributed by atoms with Crippen molar-refractivity contribution < 1.29 is 14.3 Å². The van der Waals surface area contributed by atoms with Gasteiger partial charge in [0.25, 0.3) is 5.56 Å². The predicted octanol–water partition coefficient (Wildman–Crippen LogP) is 3.62. The molecule has 0 atom stereocenters. The molecule has 4 rings (SSSR count). The van der Waals surface area contributed by atoms with Crippen LogP contribution < -0.4 is 10.3 Å². The molecule has 4 aromatic rings. The van der Waals surface area contributed by atoms with Crippen molar-refractivity contribution >= 4 is 16.7 Å². The summed E-state index contributed by atoms with van der Waals surface area (Å²) in [5.74, 6) is 0.0901. The topological polar surface area (TPSA) is 70.4 Å². The molecule has 0 radical (unpaired) electrons. The van der Waals surface area contributed by atoms with Gasteiger partial charge in [0.15, 0.2) is 5.69 Å². The van der Waals surface area contributed by atoms with Crippen LogP contribution in [0.1, 0.15) is 10.5 Å². The first-order valence-corrected chi connectivity index (χ1v) is 9.16. The molecule has 0 saturated carbocycles. The van der Waals surface area contributed by atoms with E-state index >= 15 is 0 Å². The number of benzene rings is 3. The van der Waals surface area contributed by atoms with Crippen molar-refractivity contribution in [1.82, 2.24) is 9.78 Å². The zero-order valence-corrected chi connectivity index (χ0v) is 15.5. The first-order valence-electron chi connectivity index (χ1n) is 9.16. The lowest BCUT2D eigenvalue weighted by Gasteiger charge is -2.11. The molecule has 0 aliphatic carbocycles. The Morgan fingerprint density at radius 2 is 1.41 bits per heavy atom. The summed E-state index contributed by atoms with van der Waals surface area (Å²) in [6.07, 6.45) is 0. The predicted molar refractivity (Wildman–Crippen MR) is 110 cm³/mol. The Morgan fingerprint density at radius 1 is 0.793 bits per heavy atom. The van der Waals surface area contributed by atoms with E-state index in [1.165, 1.54) is 4.68 Å². The summed E-state index contributed by atoms with van der Waals surface area (Å²) >= 11 is 0. The summed E-state index contributed by atoms with van der Waals surface area (Å²) in [7, 11) is 0. The lowest BCUT2D eigenvalue weighted by Crippen LogP contribution is -2.25. The number of rotatable bonds is 6. The van der Waals surface area contributed by atoms with E-state index in [-0.39, 0.29) is 24.5 Å². The van der Waals surface area contributed by atoms with E-state index in [1.807, 2.05) is 36.4 Å². The van der Waals surface area contributed by atoms with Gasteiger partial charge in [-0.25, -0.2) is 4.79 Å². The van der Waals surface area contributed by atoms with Crippen molar-refractivity contribution in [2.24, 2.45) is 0 Å². The van der Waals surface area contributed by atoms with Crippen LogP contribution in [0.25, 0.3) is 16.5 Å². The van der Waals surface area contributed by atoms with Gasteiger partial charge in [-0.1, -0.05) is 54.6 Å². The smallest absolute Gasteiger partial charge is 0.359 e. The quantitative estimate of drug-likeness (QED) is 0.374. The normalized spacial score (nSPS) is 10.6. The zero-order chi connectivity index (χ0) is 20.1. The minimum absolute atomic E-state index is 0.0637. The lowest BCUT2D eigenvalue weighted by atomic mass is 10.1. The molecular formula is C23H18N2O4. The molecule has 0 aliphatic rings. The highest BCUT2D eigenvalue weighted by atomic mass is 16.6. The number of carbonyl (C=O) groups is 1. The molecule has 0 N–H and O–H groups in total. The number of para-hydroxylation sites is 2.